The van der Waals surface area contributed by atoms with Crippen LogP contribution in [0.2, 0.25) is 0 Å². The Morgan fingerprint density at radius 3 is 1.81 bits per heavy atom. The highest BCUT2D eigenvalue weighted by atomic mass is 16.5. The number of esters is 1. The number of methoxy groups -OCH3 is 2. The molecule has 9 amide bonds. The molecule has 0 spiro atoms. The van der Waals surface area contributed by atoms with Crippen molar-refractivity contribution in [3.8, 4) is 23.3 Å². The average molecular weight is 1130 g/mol. The second-order valence-electron chi connectivity index (χ2n) is 19.7. The zero-order valence-electron chi connectivity index (χ0n) is 45.9. The first-order valence-corrected chi connectivity index (χ1v) is 26.7. The highest BCUT2D eigenvalue weighted by Crippen LogP contribution is 2.34. The van der Waals surface area contributed by atoms with Gasteiger partial charge in [-0.3, -0.25) is 48.1 Å². The third-order valence-electron chi connectivity index (χ3n) is 13.3. The Hall–Kier alpha value is -8.84. The molecule has 3 aromatic rings. The summed E-state index contributed by atoms with van der Waals surface area (Å²) in [5.41, 5.74) is 8.97. The number of pyridine rings is 2. The molecule has 0 fully saturated rings. The summed E-state index contributed by atoms with van der Waals surface area (Å²) in [7, 11) is 2.96. The molecule has 2 atom stereocenters. The Morgan fingerprint density at radius 1 is 0.691 bits per heavy atom. The van der Waals surface area contributed by atoms with E-state index >= 15 is 0 Å². The van der Waals surface area contributed by atoms with E-state index in [1.54, 1.807) is 60.0 Å². The molecule has 0 unspecified atom stereocenters. The number of aromatic nitrogens is 2. The molecule has 0 saturated carbocycles. The zero-order chi connectivity index (χ0) is 58.6. The lowest BCUT2D eigenvalue weighted by Gasteiger charge is -2.25. The Labute approximate surface area is 467 Å². The van der Waals surface area contributed by atoms with Crippen LogP contribution >= 0.6 is 0 Å². The van der Waals surface area contributed by atoms with Crippen molar-refractivity contribution in [2.75, 3.05) is 45.8 Å². The molecular formula is C55H70N10O16. The summed E-state index contributed by atoms with van der Waals surface area (Å²) in [6.45, 7) is 5.13. The smallest absolute Gasteiger partial charge is 0.312 e. The highest BCUT2D eigenvalue weighted by Gasteiger charge is 2.31. The predicted molar refractivity (Wildman–Crippen MR) is 287 cm³/mol. The third-order valence-corrected chi connectivity index (χ3v) is 13.3. The number of fused-ring (bicyclic) bond motifs is 2. The van der Waals surface area contributed by atoms with Gasteiger partial charge in [-0.15, -0.1) is 0 Å². The topological polar surface area (TPSA) is 347 Å². The van der Waals surface area contributed by atoms with Crippen molar-refractivity contribution >= 4 is 65.0 Å². The number of anilines is 1. The van der Waals surface area contributed by atoms with E-state index in [4.69, 9.17) is 34.5 Å². The van der Waals surface area contributed by atoms with Gasteiger partial charge in [0.15, 0.2) is 11.5 Å². The van der Waals surface area contributed by atoms with Gasteiger partial charge < -0.3 is 65.6 Å². The Kier molecular flexibility index (Phi) is 22.7. The molecule has 436 valence electrons. The summed E-state index contributed by atoms with van der Waals surface area (Å²) in [5, 5.41) is 19.7. The minimum Gasteiger partial charge on any atom is -0.491 e. The number of carboxylic acid groups (broad SMARTS) is 1. The zero-order valence-corrected chi connectivity index (χ0v) is 45.9. The first kappa shape index (κ1) is 61.4. The summed E-state index contributed by atoms with van der Waals surface area (Å²) >= 11 is 0. The Bertz CT molecular complexity index is 2820. The molecule has 26 heteroatoms. The highest BCUT2D eigenvalue weighted by molar-refractivity contribution is 6.12. The van der Waals surface area contributed by atoms with Crippen LogP contribution in [0.25, 0.3) is 0 Å². The van der Waals surface area contributed by atoms with E-state index in [1.165, 1.54) is 26.4 Å². The van der Waals surface area contributed by atoms with Crippen molar-refractivity contribution < 1.29 is 76.7 Å². The fraction of sp³-hybridized carbons (Fsp3) is 0.491. The summed E-state index contributed by atoms with van der Waals surface area (Å²) in [5.74, 6) is -3.57. The molecule has 5 heterocycles. The van der Waals surface area contributed by atoms with Crippen molar-refractivity contribution in [1.29, 1.82) is 0 Å². The normalized spacial score (nSPS) is 14.0. The van der Waals surface area contributed by atoms with E-state index in [1.807, 2.05) is 0 Å². The second kappa shape index (κ2) is 29.9. The number of nitrogens with two attached hydrogens (primary N) is 1. The van der Waals surface area contributed by atoms with Gasteiger partial charge in [0.1, 0.15) is 18.7 Å². The summed E-state index contributed by atoms with van der Waals surface area (Å²) in [4.78, 5) is 138. The van der Waals surface area contributed by atoms with Crippen LogP contribution in [0.5, 0.6) is 23.3 Å². The standard InChI is InChI=1S/C55H70N10O16/c1-33(2)50(62-43(66)11-6-5-7-23-65-46(69)16-17-47(65)70)52(75)59-38(10-8-22-57-55(56)76)51(74)58-37-14-12-34(13-15-37)32-81-49(73)21-19-45(68)64-29-36-27-42(78-4)54(61-40(36)31-64)80-25-9-24-79-53-41(77-3)26-35-28-63(30-39(35)60-53)44(67)18-20-48(71)72/h12-17,26-27,33,38,50H,5-11,18-25,28-32H2,1-4H3,(H,58,74)(H,59,75)(H,62,66)(H,71,72)(H3,56,57,76)/t38-,50-/m0/s1. The predicted octanol–water partition coefficient (Wildman–Crippen LogP) is 2.91. The maximum absolute atomic E-state index is 13.6. The molecule has 2 aromatic heterocycles. The van der Waals surface area contributed by atoms with Gasteiger partial charge in [0.2, 0.25) is 29.5 Å². The molecule has 0 bridgehead atoms. The van der Waals surface area contributed by atoms with Gasteiger partial charge in [-0.25, -0.2) is 14.8 Å². The second-order valence-corrected chi connectivity index (χ2v) is 19.7. The molecular weight excluding hydrogens is 1060 g/mol. The van der Waals surface area contributed by atoms with Crippen molar-refractivity contribution in [2.24, 2.45) is 11.7 Å². The number of carbonyl (C=O) groups is 10. The molecule has 0 saturated heterocycles. The largest absolute Gasteiger partial charge is 0.491 e. The lowest BCUT2D eigenvalue weighted by atomic mass is 10.0. The molecule has 3 aliphatic rings. The lowest BCUT2D eigenvalue weighted by Crippen LogP contribution is -2.54. The fourth-order valence-corrected chi connectivity index (χ4v) is 8.89. The Balaban J connectivity index is 0.907. The van der Waals surface area contributed by atoms with Gasteiger partial charge in [-0.1, -0.05) is 32.4 Å². The third kappa shape index (κ3) is 18.4. The van der Waals surface area contributed by atoms with Gasteiger partial charge in [-0.05, 0) is 72.6 Å². The van der Waals surface area contributed by atoms with Crippen molar-refractivity contribution in [2.45, 2.75) is 129 Å². The molecule has 3 aliphatic heterocycles. The molecule has 26 nitrogen and oxygen atoms in total. The van der Waals surface area contributed by atoms with E-state index in [9.17, 15) is 47.9 Å². The monoisotopic (exact) mass is 1130 g/mol. The number of nitrogens with zero attached hydrogens (tertiary/aromatic N) is 5. The van der Waals surface area contributed by atoms with Crippen molar-refractivity contribution in [1.82, 2.24) is 40.6 Å². The number of carboxylic acids is 1. The number of benzene rings is 1. The van der Waals surface area contributed by atoms with E-state index in [-0.39, 0.29) is 145 Å². The summed E-state index contributed by atoms with van der Waals surface area (Å²) < 4.78 is 28.4. The van der Waals surface area contributed by atoms with Crippen molar-refractivity contribution in [3.63, 3.8) is 0 Å². The number of hydrogen-bond acceptors (Lipinski definition) is 17. The maximum atomic E-state index is 13.6. The lowest BCUT2D eigenvalue weighted by molar-refractivity contribution is -0.147. The molecule has 6 rings (SSSR count). The van der Waals surface area contributed by atoms with Crippen LogP contribution in [0.4, 0.5) is 10.5 Å². The first-order valence-electron chi connectivity index (χ1n) is 26.7. The number of primary amides is 1. The van der Waals surface area contributed by atoms with Gasteiger partial charge in [0.05, 0.1) is 64.8 Å². The number of nitrogens with one attached hydrogen (secondary N) is 4. The van der Waals surface area contributed by atoms with E-state index < -0.39 is 41.9 Å². The van der Waals surface area contributed by atoms with Gasteiger partial charge in [0.25, 0.3) is 23.6 Å². The average Bonchev–Trinajstić information content (AvgIpc) is 4.40. The number of aliphatic carboxylic acids is 1. The van der Waals surface area contributed by atoms with Crippen LogP contribution in [0.3, 0.4) is 0 Å². The maximum Gasteiger partial charge on any atom is 0.312 e. The molecule has 81 heavy (non-hydrogen) atoms. The van der Waals surface area contributed by atoms with Crippen LogP contribution in [0.1, 0.15) is 113 Å². The van der Waals surface area contributed by atoms with Gasteiger partial charge in [-0.2, -0.15) is 0 Å². The van der Waals surface area contributed by atoms with Gasteiger partial charge >= 0.3 is 18.0 Å². The number of carbonyl (C=O) groups excluding carboxylic acids is 9. The summed E-state index contributed by atoms with van der Waals surface area (Å²) in [6.07, 6.45) is 4.23. The molecule has 0 aliphatic carbocycles. The van der Waals surface area contributed by atoms with Crippen LogP contribution in [-0.4, -0.2) is 142 Å². The fourth-order valence-electron chi connectivity index (χ4n) is 8.89. The van der Waals surface area contributed by atoms with Crippen molar-refractivity contribution in [3.05, 3.63) is 76.6 Å². The molecule has 7 N–H and O–H groups in total. The number of imide groups is 1. The van der Waals surface area contributed by atoms with Crippen LogP contribution in [0, 0.1) is 5.92 Å². The molecule has 1 aromatic carbocycles. The summed E-state index contributed by atoms with van der Waals surface area (Å²) in [6, 6.07) is 7.18. The quantitative estimate of drug-likeness (QED) is 0.0297. The van der Waals surface area contributed by atoms with E-state index in [0.717, 1.165) is 16.0 Å². The number of ether oxygens (including phenoxy) is 5. The minimum atomic E-state index is -1.08. The Morgan fingerprint density at radius 2 is 1.27 bits per heavy atom. The van der Waals surface area contributed by atoms with Crippen LogP contribution < -0.4 is 45.9 Å². The first-order chi connectivity index (χ1) is 38.8. The van der Waals surface area contributed by atoms with Gasteiger partial charge in [0, 0.05) is 69.7 Å². The number of amides is 9. The number of hydrogen-bond donors (Lipinski definition) is 6. The molecule has 0 radical (unpaired) electrons. The van der Waals surface area contributed by atoms with E-state index in [2.05, 4.69) is 31.2 Å². The van der Waals surface area contributed by atoms with Crippen LogP contribution in [0.15, 0.2) is 48.6 Å². The van der Waals surface area contributed by atoms with E-state index in [0.29, 0.717) is 66.4 Å². The van der Waals surface area contributed by atoms with Crippen LogP contribution in [-0.2, 0) is 80.7 Å². The number of urea groups is 1. The number of rotatable bonds is 32. The SMILES string of the molecule is COc1cc2c(nc1OCCCOc1nc3c(cc1OC)CN(C(=O)CCC(=O)OCc1ccc(NC(=O)[C@H](CCCNC(N)=O)NC(=O)[C@@H](NC(=O)CCCCCN4C(=O)C=CC4=O)C(C)C)cc1)C3)CN(C(=O)CCC(=O)O)C2. The number of unbranched alkanes of at least 4 members (excludes halogenated alkanes) is 2. The minimum absolute atomic E-state index is 0.101.